The van der Waals surface area contributed by atoms with Gasteiger partial charge in [0, 0.05) is 0 Å². The van der Waals surface area contributed by atoms with Crippen molar-refractivity contribution in [3.05, 3.63) is 5.92 Å². The number of rotatable bonds is 2. The first kappa shape index (κ1) is 6.12. The summed E-state index contributed by atoms with van der Waals surface area (Å²) >= 11 is 0. The zero-order valence-electron chi connectivity index (χ0n) is 6.07. The second-order valence-electron chi connectivity index (χ2n) is 3.19. The molecule has 8 heavy (non-hydrogen) atoms. The Kier molecular flexibility index (Phi) is 1.59. The van der Waals surface area contributed by atoms with Crippen molar-refractivity contribution in [3.63, 3.8) is 0 Å². The maximum Gasteiger partial charge on any atom is -0.0210 e. The predicted octanol–water partition coefficient (Wildman–Crippen LogP) is 2.65. The highest BCUT2D eigenvalue weighted by Gasteiger charge is 2.29. The van der Waals surface area contributed by atoms with E-state index in [-0.39, 0.29) is 0 Å². The highest BCUT2D eigenvalue weighted by molar-refractivity contribution is 5.09. The van der Waals surface area contributed by atoms with Gasteiger partial charge in [-0.05, 0) is 30.6 Å². The summed E-state index contributed by atoms with van der Waals surface area (Å²) in [5.74, 6) is 3.56. The molecule has 0 heteroatoms. The van der Waals surface area contributed by atoms with Crippen molar-refractivity contribution in [1.82, 2.24) is 0 Å². The Hall–Kier alpha value is 0. The topological polar surface area (TPSA) is 0 Å². The van der Waals surface area contributed by atoms with Crippen molar-refractivity contribution in [2.75, 3.05) is 0 Å². The van der Waals surface area contributed by atoms with E-state index in [0.29, 0.717) is 0 Å². The van der Waals surface area contributed by atoms with Gasteiger partial charge in [0.2, 0.25) is 0 Å². The molecule has 1 aliphatic carbocycles. The molecule has 1 aliphatic rings. The molecule has 0 aliphatic heterocycles. The van der Waals surface area contributed by atoms with Crippen LogP contribution in [0.4, 0.5) is 0 Å². The van der Waals surface area contributed by atoms with E-state index in [2.05, 4.69) is 20.8 Å². The Morgan fingerprint density at radius 1 is 1.12 bits per heavy atom. The SMILES string of the molecule is CC(C)C(C)[C]1CC1. The van der Waals surface area contributed by atoms with Gasteiger partial charge in [0.1, 0.15) is 0 Å². The summed E-state index contributed by atoms with van der Waals surface area (Å²) in [6, 6.07) is 0. The van der Waals surface area contributed by atoms with Gasteiger partial charge in [-0.25, -0.2) is 0 Å². The molecule has 0 bridgehead atoms. The highest BCUT2D eigenvalue weighted by atomic mass is 14.3. The van der Waals surface area contributed by atoms with Crippen LogP contribution in [0.15, 0.2) is 0 Å². The van der Waals surface area contributed by atoms with Crippen LogP contribution in [-0.4, -0.2) is 0 Å². The van der Waals surface area contributed by atoms with Gasteiger partial charge in [-0.2, -0.15) is 0 Å². The van der Waals surface area contributed by atoms with E-state index in [1.807, 2.05) is 0 Å². The van der Waals surface area contributed by atoms with Gasteiger partial charge in [0.25, 0.3) is 0 Å². The molecule has 0 nitrogen and oxygen atoms in total. The van der Waals surface area contributed by atoms with Crippen LogP contribution in [0.3, 0.4) is 0 Å². The Balaban J connectivity index is 2.22. The normalized spacial score (nSPS) is 24.0. The fraction of sp³-hybridized carbons (Fsp3) is 0.875. The molecular formula is C8H15. The highest BCUT2D eigenvalue weighted by Crippen LogP contribution is 2.42. The molecule has 0 N–H and O–H groups in total. The van der Waals surface area contributed by atoms with Crippen molar-refractivity contribution >= 4 is 0 Å². The van der Waals surface area contributed by atoms with Crippen molar-refractivity contribution < 1.29 is 0 Å². The average molecular weight is 111 g/mol. The van der Waals surface area contributed by atoms with Crippen LogP contribution >= 0.6 is 0 Å². The van der Waals surface area contributed by atoms with Gasteiger partial charge in [-0.1, -0.05) is 20.8 Å². The van der Waals surface area contributed by atoms with Crippen molar-refractivity contribution in [3.8, 4) is 0 Å². The Morgan fingerprint density at radius 3 is 1.75 bits per heavy atom. The molecule has 47 valence electrons. The lowest BCUT2D eigenvalue weighted by molar-refractivity contribution is 0.463. The fourth-order valence-electron chi connectivity index (χ4n) is 0.999. The summed E-state index contributed by atoms with van der Waals surface area (Å²) in [6.45, 7) is 6.94. The zero-order chi connectivity index (χ0) is 6.15. The minimum absolute atomic E-state index is 0.868. The van der Waals surface area contributed by atoms with Gasteiger partial charge in [0.15, 0.2) is 0 Å². The summed E-state index contributed by atoms with van der Waals surface area (Å²) in [6.07, 6.45) is 2.83. The van der Waals surface area contributed by atoms with E-state index in [0.717, 1.165) is 11.8 Å². The predicted molar refractivity (Wildman–Crippen MR) is 36.5 cm³/mol. The van der Waals surface area contributed by atoms with Crippen molar-refractivity contribution in [1.29, 1.82) is 0 Å². The van der Waals surface area contributed by atoms with Gasteiger partial charge in [-0.15, -0.1) is 0 Å². The maximum absolute atomic E-state index is 2.34. The molecular weight excluding hydrogens is 96.1 g/mol. The van der Waals surface area contributed by atoms with E-state index in [1.54, 1.807) is 5.92 Å². The van der Waals surface area contributed by atoms with Crippen LogP contribution in [0.25, 0.3) is 0 Å². The second-order valence-corrected chi connectivity index (χ2v) is 3.19. The Bertz CT molecular complexity index is 68.1. The monoisotopic (exact) mass is 111 g/mol. The van der Waals surface area contributed by atoms with E-state index in [9.17, 15) is 0 Å². The molecule has 0 spiro atoms. The first-order valence-electron chi connectivity index (χ1n) is 3.56. The van der Waals surface area contributed by atoms with Gasteiger partial charge >= 0.3 is 0 Å². The van der Waals surface area contributed by atoms with Crippen LogP contribution in [-0.2, 0) is 0 Å². The van der Waals surface area contributed by atoms with Crippen LogP contribution < -0.4 is 0 Å². The minimum Gasteiger partial charge on any atom is -0.0625 e. The van der Waals surface area contributed by atoms with Gasteiger partial charge in [0.05, 0.1) is 0 Å². The summed E-state index contributed by atoms with van der Waals surface area (Å²) < 4.78 is 0. The Labute approximate surface area is 52.3 Å². The van der Waals surface area contributed by atoms with Crippen LogP contribution in [0, 0.1) is 17.8 Å². The number of hydrogen-bond donors (Lipinski definition) is 0. The molecule has 1 radical (unpaired) electrons. The third-order valence-corrected chi connectivity index (χ3v) is 2.18. The standard InChI is InChI=1S/C8H15/c1-6(2)7(3)8-4-5-8/h6-7H,4-5H2,1-3H3. The first-order valence-corrected chi connectivity index (χ1v) is 3.56. The van der Waals surface area contributed by atoms with E-state index >= 15 is 0 Å². The van der Waals surface area contributed by atoms with E-state index < -0.39 is 0 Å². The smallest absolute Gasteiger partial charge is 0.0210 e. The average Bonchev–Trinajstić information content (AvgIpc) is 2.43. The molecule has 1 unspecified atom stereocenters. The molecule has 0 aromatic carbocycles. The molecule has 0 heterocycles. The quantitative estimate of drug-likeness (QED) is 0.514. The third-order valence-electron chi connectivity index (χ3n) is 2.18. The van der Waals surface area contributed by atoms with Crippen molar-refractivity contribution in [2.24, 2.45) is 11.8 Å². The molecule has 0 aromatic rings. The molecule has 1 atom stereocenters. The molecule has 0 saturated heterocycles. The molecule has 1 rings (SSSR count). The fourth-order valence-corrected chi connectivity index (χ4v) is 0.999. The van der Waals surface area contributed by atoms with Gasteiger partial charge < -0.3 is 0 Å². The van der Waals surface area contributed by atoms with Crippen LogP contribution in [0.5, 0.6) is 0 Å². The summed E-state index contributed by atoms with van der Waals surface area (Å²) in [7, 11) is 0. The molecule has 1 fully saturated rings. The van der Waals surface area contributed by atoms with Gasteiger partial charge in [-0.3, -0.25) is 0 Å². The maximum atomic E-state index is 2.34. The third kappa shape index (κ3) is 1.24. The van der Waals surface area contributed by atoms with Crippen LogP contribution in [0.1, 0.15) is 33.6 Å². The molecule has 0 aromatic heterocycles. The lowest BCUT2D eigenvalue weighted by atomic mass is 9.93. The molecule has 0 amide bonds. The minimum atomic E-state index is 0.868. The lowest BCUT2D eigenvalue weighted by Crippen LogP contribution is -2.03. The summed E-state index contributed by atoms with van der Waals surface area (Å²) in [5, 5.41) is 0. The summed E-state index contributed by atoms with van der Waals surface area (Å²) in [4.78, 5) is 0. The largest absolute Gasteiger partial charge is 0.0625 e. The first-order chi connectivity index (χ1) is 3.72. The second kappa shape index (κ2) is 2.08. The zero-order valence-corrected chi connectivity index (χ0v) is 6.07. The lowest BCUT2D eigenvalue weighted by Gasteiger charge is -2.12. The summed E-state index contributed by atoms with van der Waals surface area (Å²) in [5.41, 5.74) is 0. The van der Waals surface area contributed by atoms with E-state index in [4.69, 9.17) is 0 Å². The number of hydrogen-bond acceptors (Lipinski definition) is 0. The van der Waals surface area contributed by atoms with Crippen LogP contribution in [0.2, 0.25) is 0 Å². The Morgan fingerprint density at radius 2 is 1.62 bits per heavy atom. The van der Waals surface area contributed by atoms with Crippen molar-refractivity contribution in [2.45, 2.75) is 33.6 Å². The molecule has 1 saturated carbocycles. The van der Waals surface area contributed by atoms with E-state index in [1.165, 1.54) is 12.8 Å².